The standard InChI is InChI=1S/C21H18O3/c22-21(15-17-7-3-1-4-8-17)24-20-13-11-19(12-14-20)23-16-18-9-5-2-6-10-18/h1-14H,15-16H2. The first-order chi connectivity index (χ1) is 11.8. The average Bonchev–Trinajstić information content (AvgIpc) is 2.63. The number of esters is 1. The van der Waals surface area contributed by atoms with Crippen LogP contribution in [-0.2, 0) is 17.8 Å². The highest BCUT2D eigenvalue weighted by atomic mass is 16.5. The number of hydrogen-bond acceptors (Lipinski definition) is 3. The fourth-order valence-electron chi connectivity index (χ4n) is 2.27. The molecule has 0 N–H and O–H groups in total. The Bertz CT molecular complexity index is 765. The molecule has 0 saturated heterocycles. The van der Waals surface area contributed by atoms with Crippen molar-refractivity contribution in [2.75, 3.05) is 0 Å². The molecule has 0 unspecified atom stereocenters. The number of hydrogen-bond donors (Lipinski definition) is 0. The molecule has 3 aromatic rings. The minimum absolute atomic E-state index is 0.257. The Labute approximate surface area is 141 Å². The summed E-state index contributed by atoms with van der Waals surface area (Å²) < 4.78 is 11.0. The Morgan fingerprint density at radius 2 is 1.21 bits per heavy atom. The molecule has 0 aromatic heterocycles. The summed E-state index contributed by atoms with van der Waals surface area (Å²) in [5, 5.41) is 0. The highest BCUT2D eigenvalue weighted by molar-refractivity contribution is 5.75. The Morgan fingerprint density at radius 3 is 1.83 bits per heavy atom. The van der Waals surface area contributed by atoms with E-state index in [9.17, 15) is 4.79 Å². The molecule has 24 heavy (non-hydrogen) atoms. The maximum atomic E-state index is 11.9. The first-order valence-corrected chi connectivity index (χ1v) is 7.81. The van der Waals surface area contributed by atoms with Gasteiger partial charge in [0.25, 0.3) is 0 Å². The van der Waals surface area contributed by atoms with Crippen LogP contribution in [0.4, 0.5) is 0 Å². The molecule has 0 fully saturated rings. The summed E-state index contributed by atoms with van der Waals surface area (Å²) in [4.78, 5) is 11.9. The minimum atomic E-state index is -0.279. The quantitative estimate of drug-likeness (QED) is 0.499. The van der Waals surface area contributed by atoms with Gasteiger partial charge in [0.1, 0.15) is 18.1 Å². The average molecular weight is 318 g/mol. The summed E-state index contributed by atoms with van der Waals surface area (Å²) in [5.41, 5.74) is 2.04. The monoisotopic (exact) mass is 318 g/mol. The molecule has 0 radical (unpaired) electrons. The second kappa shape index (κ2) is 7.97. The third kappa shape index (κ3) is 4.71. The van der Waals surface area contributed by atoms with Gasteiger partial charge in [-0.1, -0.05) is 60.7 Å². The molecular formula is C21H18O3. The van der Waals surface area contributed by atoms with Crippen LogP contribution in [0.2, 0.25) is 0 Å². The van der Waals surface area contributed by atoms with E-state index >= 15 is 0 Å². The lowest BCUT2D eigenvalue weighted by atomic mass is 10.2. The van der Waals surface area contributed by atoms with Crippen LogP contribution >= 0.6 is 0 Å². The van der Waals surface area contributed by atoms with Gasteiger partial charge in [0.05, 0.1) is 6.42 Å². The molecule has 0 aliphatic carbocycles. The molecule has 0 bridgehead atoms. The van der Waals surface area contributed by atoms with Crippen LogP contribution in [0.5, 0.6) is 11.5 Å². The summed E-state index contributed by atoms with van der Waals surface area (Å²) in [6.45, 7) is 0.508. The van der Waals surface area contributed by atoms with Crippen LogP contribution in [0, 0.1) is 0 Å². The van der Waals surface area contributed by atoms with E-state index in [4.69, 9.17) is 9.47 Å². The lowest BCUT2D eigenvalue weighted by molar-refractivity contribution is -0.133. The molecular weight excluding hydrogens is 300 g/mol. The lowest BCUT2D eigenvalue weighted by Gasteiger charge is -2.08. The van der Waals surface area contributed by atoms with Gasteiger partial charge in [0, 0.05) is 0 Å². The molecule has 0 saturated carbocycles. The van der Waals surface area contributed by atoms with Crippen molar-refractivity contribution in [2.24, 2.45) is 0 Å². The first kappa shape index (κ1) is 15.8. The molecule has 0 aliphatic rings. The third-order valence-electron chi connectivity index (χ3n) is 3.50. The summed E-state index contributed by atoms with van der Waals surface area (Å²) in [7, 11) is 0. The smallest absolute Gasteiger partial charge is 0.315 e. The lowest BCUT2D eigenvalue weighted by Crippen LogP contribution is -2.11. The summed E-state index contributed by atoms with van der Waals surface area (Å²) >= 11 is 0. The topological polar surface area (TPSA) is 35.5 Å². The van der Waals surface area contributed by atoms with Crippen molar-refractivity contribution >= 4 is 5.97 Å². The van der Waals surface area contributed by atoms with E-state index in [1.165, 1.54) is 0 Å². The van der Waals surface area contributed by atoms with Crippen LogP contribution in [0.3, 0.4) is 0 Å². The van der Waals surface area contributed by atoms with Gasteiger partial charge in [-0.25, -0.2) is 0 Å². The van der Waals surface area contributed by atoms with Crippen LogP contribution in [0.25, 0.3) is 0 Å². The van der Waals surface area contributed by atoms with Crippen molar-refractivity contribution in [3.63, 3.8) is 0 Å². The summed E-state index contributed by atoms with van der Waals surface area (Å²) in [6, 6.07) is 26.6. The van der Waals surface area contributed by atoms with Gasteiger partial charge in [0.15, 0.2) is 0 Å². The largest absolute Gasteiger partial charge is 0.489 e. The van der Waals surface area contributed by atoms with Gasteiger partial charge in [-0.3, -0.25) is 4.79 Å². The SMILES string of the molecule is O=C(Cc1ccccc1)Oc1ccc(OCc2ccccc2)cc1. The zero-order valence-corrected chi connectivity index (χ0v) is 13.2. The molecule has 3 aromatic carbocycles. The molecule has 0 spiro atoms. The molecule has 0 amide bonds. The molecule has 0 atom stereocenters. The van der Waals surface area contributed by atoms with Gasteiger partial charge >= 0.3 is 5.97 Å². The molecule has 3 rings (SSSR count). The van der Waals surface area contributed by atoms with E-state index in [0.717, 1.165) is 16.9 Å². The van der Waals surface area contributed by atoms with Crippen LogP contribution in [0.15, 0.2) is 84.9 Å². The van der Waals surface area contributed by atoms with Gasteiger partial charge in [-0.2, -0.15) is 0 Å². The van der Waals surface area contributed by atoms with Crippen molar-refractivity contribution < 1.29 is 14.3 Å². The second-order valence-electron chi connectivity index (χ2n) is 5.38. The van der Waals surface area contributed by atoms with Crippen molar-refractivity contribution in [3.05, 3.63) is 96.1 Å². The highest BCUT2D eigenvalue weighted by Crippen LogP contribution is 2.19. The Kier molecular flexibility index (Phi) is 5.25. The minimum Gasteiger partial charge on any atom is -0.489 e. The summed E-state index contributed by atoms with van der Waals surface area (Å²) in [5.74, 6) is 0.976. The van der Waals surface area contributed by atoms with E-state index in [0.29, 0.717) is 12.4 Å². The molecule has 3 heteroatoms. The van der Waals surface area contributed by atoms with E-state index in [1.807, 2.05) is 60.7 Å². The van der Waals surface area contributed by atoms with Gasteiger partial charge in [-0.15, -0.1) is 0 Å². The third-order valence-corrected chi connectivity index (χ3v) is 3.50. The normalized spacial score (nSPS) is 10.2. The number of carbonyl (C=O) groups excluding carboxylic acids is 1. The zero-order valence-electron chi connectivity index (χ0n) is 13.2. The fraction of sp³-hybridized carbons (Fsp3) is 0.0952. The Hall–Kier alpha value is -3.07. The Morgan fingerprint density at radius 1 is 0.667 bits per heavy atom. The van der Waals surface area contributed by atoms with Crippen molar-refractivity contribution in [1.82, 2.24) is 0 Å². The first-order valence-electron chi connectivity index (χ1n) is 7.81. The van der Waals surface area contributed by atoms with Crippen LogP contribution < -0.4 is 9.47 Å². The Balaban J connectivity index is 1.51. The molecule has 120 valence electrons. The molecule has 3 nitrogen and oxygen atoms in total. The van der Waals surface area contributed by atoms with Crippen LogP contribution in [-0.4, -0.2) is 5.97 Å². The number of benzene rings is 3. The maximum absolute atomic E-state index is 11.9. The van der Waals surface area contributed by atoms with Gasteiger partial charge in [0.2, 0.25) is 0 Å². The summed E-state index contributed by atoms with van der Waals surface area (Å²) in [6.07, 6.45) is 0.257. The molecule has 0 heterocycles. The van der Waals surface area contributed by atoms with Crippen molar-refractivity contribution in [1.29, 1.82) is 0 Å². The molecule has 0 aliphatic heterocycles. The fourth-order valence-corrected chi connectivity index (χ4v) is 2.27. The number of carbonyl (C=O) groups is 1. The van der Waals surface area contributed by atoms with Crippen LogP contribution in [0.1, 0.15) is 11.1 Å². The second-order valence-corrected chi connectivity index (χ2v) is 5.38. The van der Waals surface area contributed by atoms with E-state index in [1.54, 1.807) is 24.3 Å². The van der Waals surface area contributed by atoms with E-state index in [2.05, 4.69) is 0 Å². The van der Waals surface area contributed by atoms with Gasteiger partial charge in [-0.05, 0) is 35.4 Å². The number of rotatable bonds is 6. The predicted molar refractivity (Wildman–Crippen MR) is 93.0 cm³/mol. The van der Waals surface area contributed by atoms with E-state index < -0.39 is 0 Å². The predicted octanol–water partition coefficient (Wildman–Crippen LogP) is 4.41. The van der Waals surface area contributed by atoms with E-state index in [-0.39, 0.29) is 12.4 Å². The van der Waals surface area contributed by atoms with Crippen molar-refractivity contribution in [3.8, 4) is 11.5 Å². The zero-order chi connectivity index (χ0) is 16.6. The number of ether oxygens (including phenoxy) is 2. The maximum Gasteiger partial charge on any atom is 0.315 e. The highest BCUT2D eigenvalue weighted by Gasteiger charge is 2.06. The van der Waals surface area contributed by atoms with Crippen molar-refractivity contribution in [2.45, 2.75) is 13.0 Å². The van der Waals surface area contributed by atoms with Gasteiger partial charge < -0.3 is 9.47 Å².